The Bertz CT molecular complexity index is 522. The summed E-state index contributed by atoms with van der Waals surface area (Å²) >= 11 is 3.42. The Morgan fingerprint density at radius 2 is 2.25 bits per heavy atom. The zero-order valence-corrected chi connectivity index (χ0v) is 13.9. The van der Waals surface area contributed by atoms with Crippen LogP contribution in [0.1, 0.15) is 35.7 Å². The summed E-state index contributed by atoms with van der Waals surface area (Å²) in [4.78, 5) is 9.34. The first-order valence-corrected chi connectivity index (χ1v) is 8.70. The number of thiazole rings is 1. The Kier molecular flexibility index (Phi) is 5.57. The van der Waals surface area contributed by atoms with E-state index in [1.165, 1.54) is 4.88 Å². The lowest BCUT2D eigenvalue weighted by atomic mass is 10.2. The summed E-state index contributed by atoms with van der Waals surface area (Å²) in [6, 6.07) is 4.68. The van der Waals surface area contributed by atoms with Gasteiger partial charge in [-0.05, 0) is 24.8 Å². The lowest BCUT2D eigenvalue weighted by Crippen LogP contribution is -2.30. The van der Waals surface area contributed by atoms with Gasteiger partial charge in [-0.15, -0.1) is 11.3 Å². The second kappa shape index (κ2) is 7.20. The van der Waals surface area contributed by atoms with E-state index in [2.05, 4.69) is 43.3 Å². The molecule has 3 nitrogen and oxygen atoms in total. The summed E-state index contributed by atoms with van der Waals surface area (Å²) < 4.78 is 0. The van der Waals surface area contributed by atoms with Crippen LogP contribution in [0.15, 0.2) is 17.5 Å². The van der Waals surface area contributed by atoms with Crippen LogP contribution in [0.4, 0.5) is 5.13 Å². The number of aliphatic hydroxyl groups is 1. The molecule has 2 aromatic rings. The average molecular weight is 310 g/mol. The van der Waals surface area contributed by atoms with Crippen molar-refractivity contribution < 1.29 is 5.11 Å². The minimum atomic E-state index is 0.0974. The molecule has 0 saturated heterocycles. The molecule has 1 unspecified atom stereocenters. The largest absolute Gasteiger partial charge is 0.391 e. The smallest absolute Gasteiger partial charge is 0.185 e. The molecule has 1 atom stereocenters. The van der Waals surface area contributed by atoms with Crippen molar-refractivity contribution in [3.8, 4) is 0 Å². The van der Waals surface area contributed by atoms with Crippen molar-refractivity contribution in [1.29, 1.82) is 0 Å². The van der Waals surface area contributed by atoms with Crippen molar-refractivity contribution in [1.82, 2.24) is 4.98 Å². The highest BCUT2D eigenvalue weighted by Crippen LogP contribution is 2.28. The van der Waals surface area contributed by atoms with Gasteiger partial charge in [0.1, 0.15) is 0 Å². The molecule has 2 aromatic heterocycles. The highest BCUT2D eigenvalue weighted by Gasteiger charge is 2.17. The van der Waals surface area contributed by atoms with Crippen LogP contribution in [0.25, 0.3) is 0 Å². The molecule has 20 heavy (non-hydrogen) atoms. The first kappa shape index (κ1) is 15.5. The second-order valence-corrected chi connectivity index (χ2v) is 7.11. The molecule has 0 aromatic carbocycles. The number of hydrogen-bond acceptors (Lipinski definition) is 5. The van der Waals surface area contributed by atoms with Crippen LogP contribution in [0.2, 0.25) is 0 Å². The summed E-state index contributed by atoms with van der Waals surface area (Å²) in [6.45, 7) is 4.46. The van der Waals surface area contributed by atoms with Gasteiger partial charge < -0.3 is 10.0 Å². The van der Waals surface area contributed by atoms with Gasteiger partial charge in [-0.3, -0.25) is 0 Å². The standard InChI is InChI=1S/C15H22N2OS2/c1-4-6-13-14(10-18)20-15(16-13)17(3)11(2)9-12-7-5-8-19-12/h5,7-8,11,18H,4,6,9-10H2,1-3H3. The van der Waals surface area contributed by atoms with E-state index in [9.17, 15) is 5.11 Å². The number of nitrogens with zero attached hydrogens (tertiary/aromatic N) is 2. The molecule has 110 valence electrons. The highest BCUT2D eigenvalue weighted by molar-refractivity contribution is 7.15. The summed E-state index contributed by atoms with van der Waals surface area (Å²) in [5, 5.41) is 12.6. The fourth-order valence-corrected chi connectivity index (χ4v) is 3.98. The summed E-state index contributed by atoms with van der Waals surface area (Å²) in [5.74, 6) is 0. The van der Waals surface area contributed by atoms with E-state index in [4.69, 9.17) is 4.98 Å². The van der Waals surface area contributed by atoms with E-state index >= 15 is 0 Å². The Balaban J connectivity index is 2.09. The Morgan fingerprint density at radius 1 is 1.45 bits per heavy atom. The fourth-order valence-electron chi connectivity index (χ4n) is 2.12. The second-order valence-electron chi connectivity index (χ2n) is 5.02. The first-order chi connectivity index (χ1) is 9.65. The number of aryl methyl sites for hydroxylation is 1. The van der Waals surface area contributed by atoms with Crippen molar-refractivity contribution in [2.75, 3.05) is 11.9 Å². The Morgan fingerprint density at radius 3 is 2.85 bits per heavy atom. The van der Waals surface area contributed by atoms with Crippen molar-refractivity contribution in [3.63, 3.8) is 0 Å². The lowest BCUT2D eigenvalue weighted by Gasteiger charge is -2.23. The highest BCUT2D eigenvalue weighted by atomic mass is 32.1. The van der Waals surface area contributed by atoms with Gasteiger partial charge in [-0.1, -0.05) is 30.7 Å². The molecular weight excluding hydrogens is 288 g/mol. The van der Waals surface area contributed by atoms with Crippen molar-refractivity contribution >= 4 is 27.8 Å². The molecule has 0 aliphatic rings. The van der Waals surface area contributed by atoms with Gasteiger partial charge in [0, 0.05) is 24.4 Å². The van der Waals surface area contributed by atoms with Crippen molar-refractivity contribution in [2.45, 2.75) is 45.8 Å². The number of aromatic nitrogens is 1. The van der Waals surface area contributed by atoms with E-state index in [1.54, 1.807) is 22.7 Å². The molecule has 0 amide bonds. The third-order valence-electron chi connectivity index (χ3n) is 3.44. The number of anilines is 1. The van der Waals surface area contributed by atoms with Crippen LogP contribution < -0.4 is 4.90 Å². The Labute approximate surface area is 128 Å². The maximum Gasteiger partial charge on any atom is 0.185 e. The van der Waals surface area contributed by atoms with Crippen LogP contribution >= 0.6 is 22.7 Å². The van der Waals surface area contributed by atoms with Gasteiger partial charge in [0.05, 0.1) is 17.2 Å². The van der Waals surface area contributed by atoms with Crippen LogP contribution in [-0.4, -0.2) is 23.2 Å². The average Bonchev–Trinajstić information content (AvgIpc) is 3.07. The van der Waals surface area contributed by atoms with Crippen LogP contribution in [-0.2, 0) is 19.4 Å². The molecule has 0 bridgehead atoms. The fraction of sp³-hybridized carbons (Fsp3) is 0.533. The zero-order valence-electron chi connectivity index (χ0n) is 12.3. The van der Waals surface area contributed by atoms with E-state index < -0.39 is 0 Å². The molecule has 0 radical (unpaired) electrons. The zero-order chi connectivity index (χ0) is 14.5. The van der Waals surface area contributed by atoms with Gasteiger partial charge >= 0.3 is 0 Å². The number of aliphatic hydroxyl groups excluding tert-OH is 1. The van der Waals surface area contributed by atoms with Crippen molar-refractivity contribution in [2.24, 2.45) is 0 Å². The van der Waals surface area contributed by atoms with Gasteiger partial charge in [0.2, 0.25) is 0 Å². The molecule has 0 saturated carbocycles. The number of hydrogen-bond donors (Lipinski definition) is 1. The van der Waals surface area contributed by atoms with E-state index in [0.717, 1.165) is 35.0 Å². The maximum absolute atomic E-state index is 9.44. The number of likely N-dealkylation sites (N-methyl/N-ethyl adjacent to an activating group) is 1. The van der Waals surface area contributed by atoms with E-state index in [1.807, 2.05) is 0 Å². The van der Waals surface area contributed by atoms with Gasteiger partial charge in [-0.2, -0.15) is 0 Å². The summed E-state index contributed by atoms with van der Waals surface area (Å²) in [7, 11) is 2.09. The van der Waals surface area contributed by atoms with Crippen LogP contribution in [0.5, 0.6) is 0 Å². The topological polar surface area (TPSA) is 36.4 Å². The predicted molar refractivity (Wildman–Crippen MR) is 87.9 cm³/mol. The van der Waals surface area contributed by atoms with Crippen molar-refractivity contribution in [3.05, 3.63) is 33.0 Å². The summed E-state index contributed by atoms with van der Waals surface area (Å²) in [5.41, 5.74) is 1.06. The lowest BCUT2D eigenvalue weighted by molar-refractivity contribution is 0.284. The molecule has 0 fully saturated rings. The van der Waals surface area contributed by atoms with E-state index in [-0.39, 0.29) is 6.61 Å². The molecule has 0 aliphatic carbocycles. The maximum atomic E-state index is 9.44. The molecule has 0 spiro atoms. The molecule has 1 N–H and O–H groups in total. The first-order valence-electron chi connectivity index (χ1n) is 7.00. The quantitative estimate of drug-likeness (QED) is 0.847. The number of rotatable bonds is 7. The van der Waals surface area contributed by atoms with Gasteiger partial charge in [0.25, 0.3) is 0 Å². The SMILES string of the molecule is CCCc1nc(N(C)C(C)Cc2cccs2)sc1CO. The predicted octanol–water partition coefficient (Wildman–Crippen LogP) is 3.72. The van der Waals surface area contributed by atoms with Crippen LogP contribution in [0.3, 0.4) is 0 Å². The van der Waals surface area contributed by atoms with Gasteiger partial charge in [-0.25, -0.2) is 4.98 Å². The monoisotopic (exact) mass is 310 g/mol. The van der Waals surface area contributed by atoms with Crippen LogP contribution in [0, 0.1) is 0 Å². The third kappa shape index (κ3) is 3.59. The molecule has 2 heterocycles. The minimum absolute atomic E-state index is 0.0974. The number of thiophene rings is 1. The van der Waals surface area contributed by atoms with E-state index in [0.29, 0.717) is 6.04 Å². The molecule has 5 heteroatoms. The Hall–Kier alpha value is -0.910. The summed E-state index contributed by atoms with van der Waals surface area (Å²) in [6.07, 6.45) is 3.04. The normalized spacial score (nSPS) is 12.6. The van der Waals surface area contributed by atoms with Gasteiger partial charge in [0.15, 0.2) is 5.13 Å². The third-order valence-corrected chi connectivity index (χ3v) is 5.51. The minimum Gasteiger partial charge on any atom is -0.391 e. The molecular formula is C15H22N2OS2. The molecule has 0 aliphatic heterocycles. The molecule has 2 rings (SSSR count).